The van der Waals surface area contributed by atoms with Crippen molar-refractivity contribution in [3.05, 3.63) is 53.0 Å². The van der Waals surface area contributed by atoms with Gasteiger partial charge in [0.2, 0.25) is 5.91 Å². The molecule has 0 aliphatic carbocycles. The third-order valence-corrected chi connectivity index (χ3v) is 4.55. The highest BCUT2D eigenvalue weighted by atomic mass is 35.5. The number of nitrogens with zero attached hydrogens (tertiary/aromatic N) is 3. The lowest BCUT2D eigenvalue weighted by atomic mass is 10.1. The number of halogens is 1. The molecule has 4 rings (SSSR count). The maximum absolute atomic E-state index is 12.9. The summed E-state index contributed by atoms with van der Waals surface area (Å²) in [4.78, 5) is 26.6. The summed E-state index contributed by atoms with van der Waals surface area (Å²) in [7, 11) is 1.56. The van der Waals surface area contributed by atoms with Crippen molar-refractivity contribution in [3.8, 4) is 0 Å². The van der Waals surface area contributed by atoms with Gasteiger partial charge in [-0.3, -0.25) is 14.3 Å². The molecule has 3 aromatic rings. The highest BCUT2D eigenvalue weighted by molar-refractivity contribution is 6.31. The minimum Gasteiger partial charge on any atom is -0.451 e. The zero-order valence-electron chi connectivity index (χ0n) is 13.4. The number of hydrogen-bond donors (Lipinski definition) is 1. The predicted octanol–water partition coefficient (Wildman–Crippen LogP) is 2.23. The molecule has 0 unspecified atom stereocenters. The number of carbonyl (C=O) groups is 2. The van der Waals surface area contributed by atoms with E-state index in [9.17, 15) is 9.59 Å². The second kappa shape index (κ2) is 5.93. The van der Waals surface area contributed by atoms with Crippen LogP contribution in [-0.2, 0) is 11.3 Å². The van der Waals surface area contributed by atoms with E-state index >= 15 is 0 Å². The SMILES string of the molecule is CNC(=O)[C@@H]1CN(C(=O)c2cc3cc(Cl)ccc3o2)Cc2ccnn21. The van der Waals surface area contributed by atoms with Crippen molar-refractivity contribution in [2.24, 2.45) is 0 Å². The number of benzene rings is 1. The lowest BCUT2D eigenvalue weighted by Gasteiger charge is -2.32. The summed E-state index contributed by atoms with van der Waals surface area (Å²) in [6.07, 6.45) is 1.63. The molecule has 0 fully saturated rings. The fourth-order valence-electron chi connectivity index (χ4n) is 3.08. The Hall–Kier alpha value is -2.80. The van der Waals surface area contributed by atoms with Crippen molar-refractivity contribution in [3.63, 3.8) is 0 Å². The van der Waals surface area contributed by atoms with Crippen molar-refractivity contribution in [2.75, 3.05) is 13.6 Å². The zero-order valence-corrected chi connectivity index (χ0v) is 14.2. The number of aromatic nitrogens is 2. The number of carbonyl (C=O) groups excluding carboxylic acids is 2. The number of fused-ring (bicyclic) bond motifs is 2. The first-order valence-corrected chi connectivity index (χ1v) is 8.17. The third kappa shape index (κ3) is 2.66. The highest BCUT2D eigenvalue weighted by Gasteiger charge is 2.33. The smallest absolute Gasteiger partial charge is 0.290 e. The van der Waals surface area contributed by atoms with E-state index in [1.165, 1.54) is 0 Å². The zero-order chi connectivity index (χ0) is 17.6. The van der Waals surface area contributed by atoms with Gasteiger partial charge in [-0.2, -0.15) is 5.10 Å². The van der Waals surface area contributed by atoms with Gasteiger partial charge >= 0.3 is 0 Å². The number of amides is 2. The Bertz CT molecular complexity index is 977. The molecule has 0 spiro atoms. The molecule has 2 aromatic heterocycles. The summed E-state index contributed by atoms with van der Waals surface area (Å²) in [5.41, 5.74) is 1.39. The highest BCUT2D eigenvalue weighted by Crippen LogP contribution is 2.26. The topological polar surface area (TPSA) is 80.4 Å². The Morgan fingerprint density at radius 2 is 2.16 bits per heavy atom. The minimum absolute atomic E-state index is 0.196. The van der Waals surface area contributed by atoms with Gasteiger partial charge in [-0.15, -0.1) is 0 Å². The second-order valence-electron chi connectivity index (χ2n) is 5.88. The fourth-order valence-corrected chi connectivity index (χ4v) is 3.26. The van der Waals surface area contributed by atoms with Gasteiger partial charge < -0.3 is 14.6 Å². The molecule has 1 N–H and O–H groups in total. The van der Waals surface area contributed by atoms with Crippen molar-refractivity contribution in [1.29, 1.82) is 0 Å². The maximum atomic E-state index is 12.9. The average Bonchev–Trinajstić information content (AvgIpc) is 3.25. The number of hydrogen-bond acceptors (Lipinski definition) is 4. The molecule has 0 radical (unpaired) electrons. The molecule has 0 saturated heterocycles. The number of nitrogens with one attached hydrogen (secondary N) is 1. The Labute approximate surface area is 148 Å². The van der Waals surface area contributed by atoms with E-state index in [0.29, 0.717) is 17.2 Å². The molecule has 8 heteroatoms. The van der Waals surface area contributed by atoms with E-state index in [0.717, 1.165) is 11.1 Å². The molecule has 1 aliphatic rings. The lowest BCUT2D eigenvalue weighted by Crippen LogP contribution is -2.46. The quantitative estimate of drug-likeness (QED) is 0.761. The molecule has 0 bridgehead atoms. The van der Waals surface area contributed by atoms with Crippen LogP contribution < -0.4 is 5.32 Å². The first kappa shape index (κ1) is 15.7. The first-order valence-electron chi connectivity index (χ1n) is 7.79. The van der Waals surface area contributed by atoms with Gasteiger partial charge in [0.1, 0.15) is 11.6 Å². The Balaban J connectivity index is 1.66. The normalized spacial score (nSPS) is 16.7. The predicted molar refractivity (Wildman–Crippen MR) is 91.3 cm³/mol. The summed E-state index contributed by atoms with van der Waals surface area (Å²) >= 11 is 5.98. The molecule has 1 aromatic carbocycles. The summed E-state index contributed by atoms with van der Waals surface area (Å²) < 4.78 is 7.31. The average molecular weight is 359 g/mol. The van der Waals surface area contributed by atoms with Gasteiger partial charge in [0.25, 0.3) is 5.91 Å². The van der Waals surface area contributed by atoms with Crippen LogP contribution in [0.5, 0.6) is 0 Å². The van der Waals surface area contributed by atoms with Gasteiger partial charge in [-0.1, -0.05) is 11.6 Å². The standard InChI is InChI=1S/C17H15ClN4O3/c1-19-16(23)13-9-21(8-12-4-5-20-22(12)13)17(24)15-7-10-6-11(18)2-3-14(10)25-15/h2-7,13H,8-9H2,1H3,(H,19,23)/t13-/m0/s1. The van der Waals surface area contributed by atoms with Crippen LogP contribution in [-0.4, -0.2) is 40.1 Å². The molecule has 1 aliphatic heterocycles. The Morgan fingerprint density at radius 3 is 2.96 bits per heavy atom. The van der Waals surface area contributed by atoms with Crippen LogP contribution in [0.3, 0.4) is 0 Å². The van der Waals surface area contributed by atoms with Crippen molar-refractivity contribution in [1.82, 2.24) is 20.0 Å². The Kier molecular flexibility index (Phi) is 3.73. The molecule has 3 heterocycles. The van der Waals surface area contributed by atoms with Crippen LogP contribution in [0.1, 0.15) is 22.3 Å². The van der Waals surface area contributed by atoms with Crippen molar-refractivity contribution >= 4 is 34.4 Å². The molecule has 128 valence electrons. The largest absolute Gasteiger partial charge is 0.451 e. The lowest BCUT2D eigenvalue weighted by molar-refractivity contribution is -0.125. The third-order valence-electron chi connectivity index (χ3n) is 4.32. The number of furan rings is 1. The minimum atomic E-state index is -0.563. The molecular weight excluding hydrogens is 344 g/mol. The van der Waals surface area contributed by atoms with Crippen LogP contribution in [0.4, 0.5) is 0 Å². The fraction of sp³-hybridized carbons (Fsp3) is 0.235. The molecular formula is C17H15ClN4O3. The van der Waals surface area contributed by atoms with Crippen molar-refractivity contribution < 1.29 is 14.0 Å². The summed E-state index contributed by atoms with van der Waals surface area (Å²) in [5, 5.41) is 8.16. The van der Waals surface area contributed by atoms with E-state index in [-0.39, 0.29) is 24.1 Å². The summed E-state index contributed by atoms with van der Waals surface area (Å²) in [6.45, 7) is 0.592. The molecule has 25 heavy (non-hydrogen) atoms. The van der Waals surface area contributed by atoms with Gasteiger partial charge in [-0.05, 0) is 30.3 Å². The van der Waals surface area contributed by atoms with E-state index in [2.05, 4.69) is 10.4 Å². The summed E-state index contributed by atoms with van der Waals surface area (Å²) in [5.74, 6) is -0.242. The van der Waals surface area contributed by atoms with E-state index in [1.54, 1.807) is 53.2 Å². The van der Waals surface area contributed by atoms with E-state index in [1.807, 2.05) is 0 Å². The van der Waals surface area contributed by atoms with Crippen LogP contribution in [0, 0.1) is 0 Å². The molecule has 1 atom stereocenters. The molecule has 0 saturated carbocycles. The van der Waals surface area contributed by atoms with E-state index in [4.69, 9.17) is 16.0 Å². The molecule has 2 amide bonds. The maximum Gasteiger partial charge on any atom is 0.290 e. The van der Waals surface area contributed by atoms with Crippen LogP contribution >= 0.6 is 11.6 Å². The Morgan fingerprint density at radius 1 is 1.32 bits per heavy atom. The monoisotopic (exact) mass is 358 g/mol. The van der Waals surface area contributed by atoms with Gasteiger partial charge in [0, 0.05) is 23.7 Å². The number of likely N-dealkylation sites (N-methyl/N-ethyl adjacent to an activating group) is 1. The van der Waals surface area contributed by atoms with E-state index < -0.39 is 6.04 Å². The molecule has 7 nitrogen and oxygen atoms in total. The van der Waals surface area contributed by atoms with Crippen LogP contribution in [0.25, 0.3) is 11.0 Å². The number of rotatable bonds is 2. The van der Waals surface area contributed by atoms with Crippen LogP contribution in [0.2, 0.25) is 5.02 Å². The van der Waals surface area contributed by atoms with Crippen molar-refractivity contribution in [2.45, 2.75) is 12.6 Å². The van der Waals surface area contributed by atoms with Gasteiger partial charge in [0.05, 0.1) is 18.8 Å². The first-order chi connectivity index (χ1) is 12.1. The van der Waals surface area contributed by atoms with Crippen LogP contribution in [0.15, 0.2) is 40.9 Å². The summed E-state index contributed by atoms with van der Waals surface area (Å²) in [6, 6.07) is 8.09. The second-order valence-corrected chi connectivity index (χ2v) is 6.31. The van der Waals surface area contributed by atoms with Gasteiger partial charge in [0.15, 0.2) is 5.76 Å². The van der Waals surface area contributed by atoms with Gasteiger partial charge in [-0.25, -0.2) is 0 Å².